The number of aldehydes is 1. The number of rotatable bonds is 2. The van der Waals surface area contributed by atoms with Crippen molar-refractivity contribution in [3.63, 3.8) is 0 Å². The number of aryl methyl sites for hydroxylation is 1. The van der Waals surface area contributed by atoms with Gasteiger partial charge in [0.05, 0.1) is 5.56 Å². The molecule has 0 atom stereocenters. The summed E-state index contributed by atoms with van der Waals surface area (Å²) >= 11 is 0. The second kappa shape index (κ2) is 3.48. The number of carbonyl (C=O) groups excluding carboxylic acids is 1. The van der Waals surface area contributed by atoms with Gasteiger partial charge in [0.15, 0.2) is 6.29 Å². The molecule has 0 aliphatic heterocycles. The number of nitrogens with zero attached hydrogens (tertiary/aromatic N) is 1. The smallest absolute Gasteiger partial charge is 0.335 e. The van der Waals surface area contributed by atoms with Gasteiger partial charge in [-0.15, -0.1) is 0 Å². The summed E-state index contributed by atoms with van der Waals surface area (Å²) in [4.78, 5) is 21.8. The maximum atomic E-state index is 10.9. The Morgan fingerprint density at radius 1 is 1.44 bits per heavy atom. The Morgan fingerprint density at radius 2 is 2.12 bits per heavy atom. The molecule has 0 amide bonds. The lowest BCUT2D eigenvalue weighted by Crippen LogP contribution is -1.96. The van der Waals surface area contributed by atoms with Crippen LogP contribution in [0.2, 0.25) is 0 Å². The number of fused-ring (bicyclic) bond motifs is 1. The molecule has 1 aromatic carbocycles. The van der Waals surface area contributed by atoms with Gasteiger partial charge in [-0.3, -0.25) is 4.79 Å². The number of benzene rings is 1. The Bertz CT molecular complexity index is 596. The van der Waals surface area contributed by atoms with Crippen LogP contribution >= 0.6 is 0 Å². The molecule has 2 rings (SSSR count). The SMILES string of the molecule is Cc1c(C=O)c2ccc(C(=O)O)cc2n1C. The second-order valence-electron chi connectivity index (χ2n) is 3.71. The van der Waals surface area contributed by atoms with Crippen molar-refractivity contribution in [1.82, 2.24) is 4.57 Å². The first-order chi connectivity index (χ1) is 7.56. The van der Waals surface area contributed by atoms with Crippen LogP contribution < -0.4 is 0 Å². The predicted octanol–water partition coefficient (Wildman–Crippen LogP) is 2.00. The standard InChI is InChI=1S/C12H11NO3/c1-7-10(6-14)9-4-3-8(12(15)16)5-11(9)13(7)2/h3-6H,1-2H3,(H,15,16). The minimum absolute atomic E-state index is 0.227. The molecule has 0 fully saturated rings. The van der Waals surface area contributed by atoms with E-state index in [1.54, 1.807) is 12.1 Å². The quantitative estimate of drug-likeness (QED) is 0.782. The van der Waals surface area contributed by atoms with E-state index in [4.69, 9.17) is 5.11 Å². The lowest BCUT2D eigenvalue weighted by Gasteiger charge is -1.99. The van der Waals surface area contributed by atoms with Crippen molar-refractivity contribution in [2.45, 2.75) is 6.92 Å². The van der Waals surface area contributed by atoms with Crippen LogP contribution in [0.1, 0.15) is 26.4 Å². The Hall–Kier alpha value is -2.10. The van der Waals surface area contributed by atoms with Crippen molar-refractivity contribution >= 4 is 23.2 Å². The summed E-state index contributed by atoms with van der Waals surface area (Å²) in [5, 5.41) is 9.68. The molecule has 0 saturated carbocycles. The topological polar surface area (TPSA) is 59.3 Å². The van der Waals surface area contributed by atoms with Crippen molar-refractivity contribution in [3.05, 3.63) is 35.0 Å². The summed E-state index contributed by atoms with van der Waals surface area (Å²) in [7, 11) is 1.82. The van der Waals surface area contributed by atoms with Gasteiger partial charge < -0.3 is 9.67 Å². The predicted molar refractivity (Wildman–Crippen MR) is 60.0 cm³/mol. The lowest BCUT2D eigenvalue weighted by molar-refractivity contribution is 0.0697. The Kier molecular flexibility index (Phi) is 2.27. The first-order valence-corrected chi connectivity index (χ1v) is 4.83. The van der Waals surface area contributed by atoms with Crippen LogP contribution in [-0.2, 0) is 7.05 Å². The summed E-state index contributed by atoms with van der Waals surface area (Å²) in [5.41, 5.74) is 2.45. The number of hydrogen-bond donors (Lipinski definition) is 1. The number of carboxylic acids is 1. The molecule has 0 spiro atoms. The third-order valence-electron chi connectivity index (χ3n) is 2.91. The number of carboxylic acid groups (broad SMARTS) is 1. The number of aromatic nitrogens is 1. The lowest BCUT2D eigenvalue weighted by atomic mass is 10.1. The zero-order valence-corrected chi connectivity index (χ0v) is 9.02. The van der Waals surface area contributed by atoms with E-state index in [0.29, 0.717) is 5.56 Å². The highest BCUT2D eigenvalue weighted by Crippen LogP contribution is 2.24. The van der Waals surface area contributed by atoms with E-state index in [9.17, 15) is 9.59 Å². The third kappa shape index (κ3) is 1.31. The van der Waals surface area contributed by atoms with Crippen LogP contribution in [0.4, 0.5) is 0 Å². The Balaban J connectivity index is 2.85. The molecule has 16 heavy (non-hydrogen) atoms. The van der Waals surface area contributed by atoms with Crippen molar-refractivity contribution in [2.75, 3.05) is 0 Å². The molecule has 1 N–H and O–H groups in total. The summed E-state index contributed by atoms with van der Waals surface area (Å²) < 4.78 is 1.82. The van der Waals surface area contributed by atoms with Gasteiger partial charge in [0.25, 0.3) is 0 Å². The molecule has 1 heterocycles. The van der Waals surface area contributed by atoms with Gasteiger partial charge in [0.2, 0.25) is 0 Å². The number of carbonyl (C=O) groups is 2. The largest absolute Gasteiger partial charge is 0.478 e. The highest BCUT2D eigenvalue weighted by atomic mass is 16.4. The molecule has 0 bridgehead atoms. The van der Waals surface area contributed by atoms with E-state index in [1.807, 2.05) is 18.5 Å². The Labute approximate surface area is 92.1 Å². The van der Waals surface area contributed by atoms with Crippen LogP contribution in [0, 0.1) is 6.92 Å². The molecule has 1 aromatic heterocycles. The molecule has 0 unspecified atom stereocenters. The minimum atomic E-state index is -0.964. The van der Waals surface area contributed by atoms with Crippen molar-refractivity contribution in [1.29, 1.82) is 0 Å². The van der Waals surface area contributed by atoms with Gasteiger partial charge in [0, 0.05) is 29.2 Å². The average Bonchev–Trinajstić information content (AvgIpc) is 2.51. The van der Waals surface area contributed by atoms with Crippen LogP contribution in [0.15, 0.2) is 18.2 Å². The summed E-state index contributed by atoms with van der Waals surface area (Å²) in [6.07, 6.45) is 0.804. The zero-order valence-electron chi connectivity index (χ0n) is 9.02. The molecule has 82 valence electrons. The second-order valence-corrected chi connectivity index (χ2v) is 3.71. The van der Waals surface area contributed by atoms with Crippen LogP contribution in [-0.4, -0.2) is 21.9 Å². The molecule has 0 aliphatic carbocycles. The first kappa shape index (κ1) is 10.4. The third-order valence-corrected chi connectivity index (χ3v) is 2.91. The summed E-state index contributed by atoms with van der Waals surface area (Å²) in [6, 6.07) is 4.77. The average molecular weight is 217 g/mol. The minimum Gasteiger partial charge on any atom is -0.478 e. The monoisotopic (exact) mass is 217 g/mol. The van der Waals surface area contributed by atoms with Gasteiger partial charge in [0.1, 0.15) is 0 Å². The highest BCUT2D eigenvalue weighted by molar-refractivity contribution is 6.02. The number of hydrogen-bond acceptors (Lipinski definition) is 2. The van der Waals surface area contributed by atoms with Gasteiger partial charge in [-0.1, -0.05) is 6.07 Å². The van der Waals surface area contributed by atoms with Crippen molar-refractivity contribution < 1.29 is 14.7 Å². The van der Waals surface area contributed by atoms with Crippen LogP contribution in [0.25, 0.3) is 10.9 Å². The van der Waals surface area contributed by atoms with Gasteiger partial charge in [-0.2, -0.15) is 0 Å². The van der Waals surface area contributed by atoms with Crippen molar-refractivity contribution in [2.24, 2.45) is 7.05 Å². The fourth-order valence-corrected chi connectivity index (χ4v) is 1.87. The summed E-state index contributed by atoms with van der Waals surface area (Å²) in [6.45, 7) is 1.84. The van der Waals surface area contributed by atoms with E-state index in [2.05, 4.69) is 0 Å². The normalized spacial score (nSPS) is 10.6. The first-order valence-electron chi connectivity index (χ1n) is 4.83. The van der Waals surface area contributed by atoms with E-state index >= 15 is 0 Å². The van der Waals surface area contributed by atoms with E-state index in [1.165, 1.54) is 6.07 Å². The molecule has 0 aliphatic rings. The maximum absolute atomic E-state index is 10.9. The van der Waals surface area contributed by atoms with E-state index < -0.39 is 5.97 Å². The van der Waals surface area contributed by atoms with Crippen LogP contribution in [0.3, 0.4) is 0 Å². The van der Waals surface area contributed by atoms with Gasteiger partial charge >= 0.3 is 5.97 Å². The molecule has 4 nitrogen and oxygen atoms in total. The molecule has 4 heteroatoms. The molecule has 0 radical (unpaired) electrons. The van der Waals surface area contributed by atoms with Crippen molar-refractivity contribution in [3.8, 4) is 0 Å². The molecule has 0 saturated heterocycles. The number of aromatic carboxylic acids is 1. The highest BCUT2D eigenvalue weighted by Gasteiger charge is 2.13. The fourth-order valence-electron chi connectivity index (χ4n) is 1.87. The Morgan fingerprint density at radius 3 is 2.69 bits per heavy atom. The molecular weight excluding hydrogens is 206 g/mol. The maximum Gasteiger partial charge on any atom is 0.335 e. The van der Waals surface area contributed by atoms with Gasteiger partial charge in [-0.25, -0.2) is 4.79 Å². The van der Waals surface area contributed by atoms with Gasteiger partial charge in [-0.05, 0) is 19.1 Å². The summed E-state index contributed by atoms with van der Waals surface area (Å²) in [5.74, 6) is -0.964. The van der Waals surface area contributed by atoms with E-state index in [0.717, 1.165) is 22.9 Å². The molecular formula is C12H11NO3. The molecule has 2 aromatic rings. The fraction of sp³-hybridized carbons (Fsp3) is 0.167. The van der Waals surface area contributed by atoms with E-state index in [-0.39, 0.29) is 5.56 Å². The van der Waals surface area contributed by atoms with Crippen LogP contribution in [0.5, 0.6) is 0 Å². The zero-order chi connectivity index (χ0) is 11.9.